The average molecular weight is 272 g/mol. The van der Waals surface area contributed by atoms with Gasteiger partial charge in [-0.05, 0) is 0 Å². The molecule has 0 aliphatic heterocycles. The molecule has 0 amide bonds. The van der Waals surface area contributed by atoms with Gasteiger partial charge in [0.1, 0.15) is 0 Å². The molecule has 0 aliphatic rings. The summed E-state index contributed by atoms with van der Waals surface area (Å²) in [4.78, 5) is 0. The van der Waals surface area contributed by atoms with E-state index in [0.717, 1.165) is 0 Å². The molecule has 0 aromatic rings. The average Bonchev–Trinajstić information content (AvgIpc) is 1.46. The molecule has 5 heavy (non-hydrogen) atoms. The maximum absolute atomic E-state index is 8.26. The maximum atomic E-state index is 8.26. The Morgan fingerprint density at radius 1 is 1.40 bits per heavy atom. The number of hydrogen-bond acceptors (Lipinski definition) is 3. The van der Waals surface area contributed by atoms with E-state index in [0.29, 0.717) is 19.8 Å². The number of hydrogen-bond donors (Lipinski definition) is 0. The zero-order valence-corrected chi connectivity index (χ0v) is 7.69. The fraction of sp³-hybridized carbons (Fsp3) is 0. The van der Waals surface area contributed by atoms with E-state index in [9.17, 15) is 0 Å². The van der Waals surface area contributed by atoms with Gasteiger partial charge in [-0.3, -0.25) is 0 Å². The van der Waals surface area contributed by atoms with Gasteiger partial charge < -0.3 is 0 Å². The van der Waals surface area contributed by atoms with Crippen LogP contribution in [0.25, 0.3) is 0 Å². The minimum absolute atomic E-state index is 0.363. The van der Waals surface area contributed by atoms with Gasteiger partial charge in [-0.1, -0.05) is 0 Å². The van der Waals surface area contributed by atoms with Crippen molar-refractivity contribution in [1.82, 2.24) is 0 Å². The number of rotatable bonds is 0. The van der Waals surface area contributed by atoms with E-state index in [1.54, 1.807) is 0 Å². The quantitative estimate of drug-likeness (QED) is 0.616. The first kappa shape index (κ1) is 9.79. The van der Waals surface area contributed by atoms with Crippen LogP contribution in [0.2, 0.25) is 0 Å². The van der Waals surface area contributed by atoms with Crippen LogP contribution in [0, 0.1) is 0 Å². The molecule has 0 heterocycles. The first-order valence-electron chi connectivity index (χ1n) is 0.500. The van der Waals surface area contributed by atoms with E-state index in [2.05, 4.69) is 19.6 Å². The van der Waals surface area contributed by atoms with E-state index >= 15 is 0 Å². The Labute approximate surface area is 57.2 Å². The van der Waals surface area contributed by atoms with Crippen molar-refractivity contribution in [3.63, 3.8) is 0 Å². The molecule has 0 unspecified atom stereocenters. The van der Waals surface area contributed by atoms with Crippen molar-refractivity contribution >= 4 is 19.6 Å². The molecule has 30 valence electrons. The fourth-order valence-corrected chi connectivity index (χ4v) is 0. The fourth-order valence-electron chi connectivity index (χ4n) is 0. The van der Waals surface area contributed by atoms with Crippen molar-refractivity contribution < 1.29 is 38.1 Å². The molecule has 0 aromatic carbocycles. The Hall–Kier alpha value is 1.62. The van der Waals surface area contributed by atoms with Gasteiger partial charge >= 0.3 is 57.7 Å². The predicted molar refractivity (Wildman–Crippen MR) is 15.9 cm³/mol. The zero-order chi connectivity index (χ0) is 4.71. The van der Waals surface area contributed by atoms with Crippen molar-refractivity contribution in [3.05, 3.63) is 0 Å². The minimum atomic E-state index is -0.363. The van der Waals surface area contributed by atoms with Gasteiger partial charge in [-0.2, -0.15) is 0 Å². The first-order valence-corrected chi connectivity index (χ1v) is 6.90. The predicted octanol–water partition coefficient (Wildman–Crippen LogP) is 1.17. The monoisotopic (exact) mass is 276 g/mol. The summed E-state index contributed by atoms with van der Waals surface area (Å²) in [7, 11) is 8.68. The Morgan fingerprint density at radius 2 is 1.40 bits per heavy atom. The SMILES string of the molecule is [O]=[Mo].[S]=[Mo]=[S]. The van der Waals surface area contributed by atoms with Crippen LogP contribution in [-0.4, -0.2) is 0 Å². The van der Waals surface area contributed by atoms with E-state index in [1.165, 1.54) is 0 Å². The summed E-state index contributed by atoms with van der Waals surface area (Å²) in [6.07, 6.45) is 0. The molecule has 0 bridgehead atoms. The molecule has 0 N–H and O–H groups in total. The first-order chi connectivity index (χ1) is 2.41. The van der Waals surface area contributed by atoms with Crippen molar-refractivity contribution in [2.45, 2.75) is 0 Å². The summed E-state index contributed by atoms with van der Waals surface area (Å²) in [6, 6.07) is 0. The van der Waals surface area contributed by atoms with Crippen LogP contribution in [-0.2, 0) is 38.1 Å². The Morgan fingerprint density at radius 3 is 1.40 bits per heavy atom. The Kier molecular flexibility index (Phi) is 34.2. The van der Waals surface area contributed by atoms with Crippen LogP contribution in [0.15, 0.2) is 0 Å². The molecule has 0 fully saturated rings. The van der Waals surface area contributed by atoms with Crippen LogP contribution in [0.1, 0.15) is 0 Å². The van der Waals surface area contributed by atoms with Crippen LogP contribution < -0.4 is 0 Å². The van der Waals surface area contributed by atoms with Crippen molar-refractivity contribution in [1.29, 1.82) is 0 Å². The summed E-state index contributed by atoms with van der Waals surface area (Å²) >= 11 is 0.337. The molecule has 0 spiro atoms. The van der Waals surface area contributed by atoms with Gasteiger partial charge in [-0.25, -0.2) is 0 Å². The third-order valence-electron chi connectivity index (χ3n) is 0. The van der Waals surface area contributed by atoms with Crippen molar-refractivity contribution in [3.8, 4) is 0 Å². The third kappa shape index (κ3) is 28.1. The van der Waals surface area contributed by atoms with Crippen LogP contribution in [0.4, 0.5) is 0 Å². The molecule has 1 nitrogen and oxygen atoms in total. The molecule has 0 aromatic heterocycles. The molecular weight excluding hydrogens is 272 g/mol. The Bertz CT molecular complexity index is 36.9. The summed E-state index contributed by atoms with van der Waals surface area (Å²) in [6.45, 7) is 0. The second-order valence-electron chi connectivity index (χ2n) is 0.0680. The molecular formula is Mo2OS2. The van der Waals surface area contributed by atoms with Crippen LogP contribution in [0.3, 0.4) is 0 Å². The van der Waals surface area contributed by atoms with E-state index < -0.39 is 0 Å². The molecule has 5 heteroatoms. The Balaban J connectivity index is 0. The van der Waals surface area contributed by atoms with Gasteiger partial charge in [-0.15, -0.1) is 0 Å². The van der Waals surface area contributed by atoms with E-state index in [-0.39, 0.29) is 14.9 Å². The van der Waals surface area contributed by atoms with Gasteiger partial charge in [0.15, 0.2) is 0 Å². The second kappa shape index (κ2) is 17.5. The normalized spacial score (nSPS) is 3.20. The summed E-state index contributed by atoms with van der Waals surface area (Å²) in [5, 5.41) is 0. The van der Waals surface area contributed by atoms with Gasteiger partial charge in [0.2, 0.25) is 0 Å². The molecule has 0 aliphatic carbocycles. The van der Waals surface area contributed by atoms with Gasteiger partial charge in [0.05, 0.1) is 0 Å². The third-order valence-corrected chi connectivity index (χ3v) is 0. The summed E-state index contributed by atoms with van der Waals surface area (Å²) in [5.74, 6) is 0. The molecule has 0 saturated heterocycles. The van der Waals surface area contributed by atoms with Crippen molar-refractivity contribution in [2.24, 2.45) is 0 Å². The summed E-state index contributed by atoms with van der Waals surface area (Å²) < 4.78 is 8.26. The molecule has 0 saturated carbocycles. The topological polar surface area (TPSA) is 17.1 Å². The van der Waals surface area contributed by atoms with Crippen LogP contribution in [0.5, 0.6) is 0 Å². The van der Waals surface area contributed by atoms with Crippen LogP contribution >= 0.6 is 19.6 Å². The van der Waals surface area contributed by atoms with Crippen molar-refractivity contribution in [2.75, 3.05) is 0 Å². The molecule has 0 rings (SSSR count). The molecule has 0 atom stereocenters. The van der Waals surface area contributed by atoms with Gasteiger partial charge in [0.25, 0.3) is 0 Å². The summed E-state index contributed by atoms with van der Waals surface area (Å²) in [5.41, 5.74) is 0. The standard InChI is InChI=1S/2Mo.O.2S. The van der Waals surface area contributed by atoms with E-state index in [4.69, 9.17) is 3.40 Å². The van der Waals surface area contributed by atoms with Gasteiger partial charge in [0, 0.05) is 0 Å². The van der Waals surface area contributed by atoms with E-state index in [1.807, 2.05) is 0 Å². The zero-order valence-electron chi connectivity index (χ0n) is 2.04. The second-order valence-corrected chi connectivity index (χ2v) is 3.62. The molecule has 0 radical (unpaired) electrons.